The van der Waals surface area contributed by atoms with Crippen molar-refractivity contribution in [3.63, 3.8) is 0 Å². The minimum absolute atomic E-state index is 0.0232. The van der Waals surface area contributed by atoms with Gasteiger partial charge in [0.1, 0.15) is 11.6 Å². The van der Waals surface area contributed by atoms with E-state index in [1.165, 1.54) is 16.8 Å². The molecule has 2 aliphatic rings. The Balaban J connectivity index is 1.38. The Hall–Kier alpha value is -3.01. The van der Waals surface area contributed by atoms with Crippen molar-refractivity contribution in [3.8, 4) is 0 Å². The molecule has 0 radical (unpaired) electrons. The number of amides is 2. The van der Waals surface area contributed by atoms with Gasteiger partial charge in [-0.3, -0.25) is 14.2 Å². The highest BCUT2D eigenvalue weighted by molar-refractivity contribution is 6.00. The monoisotopic (exact) mass is 459 g/mol. The summed E-state index contributed by atoms with van der Waals surface area (Å²) in [5.74, 6) is -0.0388. The van der Waals surface area contributed by atoms with Crippen LogP contribution in [0.3, 0.4) is 0 Å². The minimum Gasteiger partial charge on any atom is -0.383 e. The molecular weight excluding hydrogens is 429 g/mol. The van der Waals surface area contributed by atoms with E-state index < -0.39 is 5.92 Å². The van der Waals surface area contributed by atoms with Crippen molar-refractivity contribution in [1.29, 1.82) is 0 Å². The molecule has 10 heteroatoms. The molecule has 0 N–H and O–H groups in total. The van der Waals surface area contributed by atoms with Crippen LogP contribution in [0, 0.1) is 11.7 Å². The number of anilines is 1. The first kappa shape index (κ1) is 23.2. The van der Waals surface area contributed by atoms with Crippen molar-refractivity contribution in [2.24, 2.45) is 5.92 Å². The van der Waals surface area contributed by atoms with E-state index in [0.717, 1.165) is 18.7 Å². The first-order valence-electron chi connectivity index (χ1n) is 11.4. The Kier molecular flexibility index (Phi) is 6.92. The number of hydrogen-bond acceptors (Lipinski definition) is 5. The zero-order valence-corrected chi connectivity index (χ0v) is 19.1. The number of aromatic nitrogens is 3. The predicted molar refractivity (Wildman–Crippen MR) is 119 cm³/mol. The molecule has 1 unspecified atom stereocenters. The summed E-state index contributed by atoms with van der Waals surface area (Å²) < 4.78 is 21.4. The molecule has 0 bridgehead atoms. The molecule has 2 saturated heterocycles. The van der Waals surface area contributed by atoms with Crippen LogP contribution in [0.5, 0.6) is 0 Å². The second kappa shape index (κ2) is 9.86. The van der Waals surface area contributed by atoms with Crippen molar-refractivity contribution in [3.05, 3.63) is 46.4 Å². The average molecular weight is 460 g/mol. The zero-order valence-electron chi connectivity index (χ0n) is 19.1. The fourth-order valence-corrected chi connectivity index (χ4v) is 4.74. The van der Waals surface area contributed by atoms with Gasteiger partial charge >= 0.3 is 5.69 Å². The summed E-state index contributed by atoms with van der Waals surface area (Å²) in [6, 6.07) is 5.75. The van der Waals surface area contributed by atoms with Gasteiger partial charge in [0.15, 0.2) is 0 Å². The normalized spacial score (nSPS) is 19.5. The molecule has 0 aliphatic carbocycles. The summed E-state index contributed by atoms with van der Waals surface area (Å²) in [5, 5.41) is 4.55. The number of methoxy groups -OCH3 is 1. The number of nitrogens with zero attached hydrogens (tertiary/aromatic N) is 5. The molecule has 1 aromatic carbocycles. The molecule has 4 rings (SSSR count). The molecule has 0 saturated carbocycles. The van der Waals surface area contributed by atoms with Crippen LogP contribution in [-0.4, -0.2) is 64.4 Å². The van der Waals surface area contributed by atoms with E-state index in [-0.39, 0.29) is 35.7 Å². The summed E-state index contributed by atoms with van der Waals surface area (Å²) in [6.07, 6.45) is 1.60. The number of carbonyl (C=O) groups is 2. The van der Waals surface area contributed by atoms with Crippen LogP contribution in [0.4, 0.5) is 10.1 Å². The maximum atomic E-state index is 13.2. The second-order valence-electron chi connectivity index (χ2n) is 8.58. The summed E-state index contributed by atoms with van der Waals surface area (Å²) in [4.78, 5) is 41.6. The molecule has 2 amide bonds. The number of benzene rings is 1. The molecule has 1 atom stereocenters. The van der Waals surface area contributed by atoms with E-state index in [1.807, 2.05) is 11.8 Å². The lowest BCUT2D eigenvalue weighted by Crippen LogP contribution is -2.42. The number of piperidine rings is 1. The Bertz CT molecular complexity index is 1060. The number of ether oxygens (including phenoxy) is 1. The smallest absolute Gasteiger partial charge is 0.345 e. The molecular formula is C23H30FN5O4. The Labute approximate surface area is 191 Å². The Morgan fingerprint density at radius 1 is 1.18 bits per heavy atom. The number of carbonyl (C=O) groups excluding carboxylic acids is 2. The largest absolute Gasteiger partial charge is 0.383 e. The van der Waals surface area contributed by atoms with Gasteiger partial charge in [0, 0.05) is 51.3 Å². The number of halogens is 1. The highest BCUT2D eigenvalue weighted by Crippen LogP contribution is 2.30. The van der Waals surface area contributed by atoms with Crippen LogP contribution in [0.2, 0.25) is 0 Å². The van der Waals surface area contributed by atoms with Gasteiger partial charge in [-0.05, 0) is 44.0 Å². The SMILES string of the molecule is CCn1c(C2CCN(C(=O)C3CC(=O)N(c4ccc(F)cc4)C3)CC2)nn(CCOC)c1=O. The predicted octanol–water partition coefficient (Wildman–Crippen LogP) is 1.61. The molecule has 2 aromatic rings. The van der Waals surface area contributed by atoms with E-state index in [9.17, 15) is 18.8 Å². The topological polar surface area (TPSA) is 89.7 Å². The zero-order chi connectivity index (χ0) is 23.5. The maximum Gasteiger partial charge on any atom is 0.345 e. The van der Waals surface area contributed by atoms with Crippen molar-refractivity contribution in [2.75, 3.05) is 38.3 Å². The van der Waals surface area contributed by atoms with Crippen LogP contribution in [-0.2, 0) is 27.4 Å². The molecule has 1 aromatic heterocycles. The van der Waals surface area contributed by atoms with E-state index in [2.05, 4.69) is 5.10 Å². The molecule has 178 valence electrons. The molecule has 9 nitrogen and oxygen atoms in total. The number of rotatable bonds is 7. The van der Waals surface area contributed by atoms with Crippen LogP contribution >= 0.6 is 0 Å². The van der Waals surface area contributed by atoms with Crippen LogP contribution in [0.15, 0.2) is 29.1 Å². The van der Waals surface area contributed by atoms with Crippen molar-refractivity contribution >= 4 is 17.5 Å². The van der Waals surface area contributed by atoms with Crippen LogP contribution in [0.1, 0.15) is 37.9 Å². The van der Waals surface area contributed by atoms with Crippen LogP contribution in [0.25, 0.3) is 0 Å². The summed E-state index contributed by atoms with van der Waals surface area (Å²) in [7, 11) is 1.59. The number of likely N-dealkylation sites (tertiary alicyclic amines) is 1. The Morgan fingerprint density at radius 2 is 1.88 bits per heavy atom. The lowest BCUT2D eigenvalue weighted by Gasteiger charge is -2.33. The van der Waals surface area contributed by atoms with E-state index in [1.54, 1.807) is 28.7 Å². The molecule has 33 heavy (non-hydrogen) atoms. The highest BCUT2D eigenvalue weighted by Gasteiger charge is 2.38. The molecule has 0 spiro atoms. The van der Waals surface area contributed by atoms with E-state index in [0.29, 0.717) is 45.0 Å². The summed E-state index contributed by atoms with van der Waals surface area (Å²) >= 11 is 0. The van der Waals surface area contributed by atoms with Gasteiger partial charge in [-0.2, -0.15) is 5.10 Å². The first-order chi connectivity index (χ1) is 15.9. The van der Waals surface area contributed by atoms with E-state index in [4.69, 9.17) is 4.74 Å². The third-order valence-corrected chi connectivity index (χ3v) is 6.56. The van der Waals surface area contributed by atoms with Crippen molar-refractivity contribution < 1.29 is 18.7 Å². The van der Waals surface area contributed by atoms with Gasteiger partial charge in [0.2, 0.25) is 11.8 Å². The fourth-order valence-electron chi connectivity index (χ4n) is 4.74. The third kappa shape index (κ3) is 4.71. The number of hydrogen-bond donors (Lipinski definition) is 0. The van der Waals surface area contributed by atoms with Gasteiger partial charge in [-0.25, -0.2) is 13.9 Å². The lowest BCUT2D eigenvalue weighted by molar-refractivity contribution is -0.136. The van der Waals surface area contributed by atoms with Gasteiger partial charge in [-0.15, -0.1) is 0 Å². The minimum atomic E-state index is -0.402. The summed E-state index contributed by atoms with van der Waals surface area (Å²) in [5.41, 5.74) is 0.477. The second-order valence-corrected chi connectivity index (χ2v) is 8.58. The third-order valence-electron chi connectivity index (χ3n) is 6.56. The molecule has 3 heterocycles. The fraction of sp³-hybridized carbons (Fsp3) is 0.565. The maximum absolute atomic E-state index is 13.2. The summed E-state index contributed by atoms with van der Waals surface area (Å²) in [6.45, 7) is 4.73. The highest BCUT2D eigenvalue weighted by atomic mass is 19.1. The first-order valence-corrected chi connectivity index (χ1v) is 11.4. The van der Waals surface area contributed by atoms with Gasteiger partial charge in [0.05, 0.1) is 19.1 Å². The Morgan fingerprint density at radius 3 is 2.52 bits per heavy atom. The van der Waals surface area contributed by atoms with Crippen molar-refractivity contribution in [1.82, 2.24) is 19.2 Å². The van der Waals surface area contributed by atoms with Gasteiger partial charge < -0.3 is 14.5 Å². The lowest BCUT2D eigenvalue weighted by atomic mass is 9.94. The average Bonchev–Trinajstić information content (AvgIpc) is 3.37. The quantitative estimate of drug-likeness (QED) is 0.628. The molecule has 2 aliphatic heterocycles. The van der Waals surface area contributed by atoms with Gasteiger partial charge in [0.25, 0.3) is 0 Å². The van der Waals surface area contributed by atoms with Crippen LogP contribution < -0.4 is 10.6 Å². The van der Waals surface area contributed by atoms with Gasteiger partial charge in [-0.1, -0.05) is 0 Å². The molecule has 2 fully saturated rings. The standard InChI is InChI=1S/C23H30FN5O4/c1-3-27-21(25-29(23(27)32)12-13-33-2)16-8-10-26(11-9-16)22(31)17-14-20(30)28(15-17)19-6-4-18(24)5-7-19/h4-7,16-17H,3,8-15H2,1-2H3. The van der Waals surface area contributed by atoms with E-state index >= 15 is 0 Å². The van der Waals surface area contributed by atoms with Crippen molar-refractivity contribution in [2.45, 2.75) is 45.2 Å².